The number of anilines is 1. The van der Waals surface area contributed by atoms with Gasteiger partial charge in [-0.25, -0.2) is 0 Å². The Morgan fingerprint density at radius 2 is 1.94 bits per heavy atom. The molecule has 0 aliphatic heterocycles. The quantitative estimate of drug-likeness (QED) is 0.800. The fourth-order valence-electron chi connectivity index (χ4n) is 1.50. The van der Waals surface area contributed by atoms with Gasteiger partial charge in [0.15, 0.2) is 0 Å². The van der Waals surface area contributed by atoms with Gasteiger partial charge in [0.05, 0.1) is 6.04 Å². The van der Waals surface area contributed by atoms with Crippen LogP contribution in [0, 0.1) is 0 Å². The molecule has 0 bridgehead atoms. The monoisotopic (exact) mass is 220 g/mol. The number of carbonyl (C=O) groups is 1. The molecule has 0 spiro atoms. The Bertz CT molecular complexity index is 332. The van der Waals surface area contributed by atoms with Crippen LogP contribution in [0.3, 0.4) is 0 Å². The first-order chi connectivity index (χ1) is 7.67. The zero-order valence-electron chi connectivity index (χ0n) is 9.99. The highest BCUT2D eigenvalue weighted by molar-refractivity contribution is 5.94. The van der Waals surface area contributed by atoms with Crippen molar-refractivity contribution in [3.63, 3.8) is 0 Å². The molecule has 0 aliphatic carbocycles. The molecule has 1 aromatic carbocycles. The third-order valence-corrected chi connectivity index (χ3v) is 2.57. The summed E-state index contributed by atoms with van der Waals surface area (Å²) >= 11 is 0. The van der Waals surface area contributed by atoms with Crippen molar-refractivity contribution < 1.29 is 4.79 Å². The average Bonchev–Trinajstić information content (AvgIpc) is 2.30. The first-order valence-corrected chi connectivity index (χ1v) is 5.82. The van der Waals surface area contributed by atoms with Crippen molar-refractivity contribution in [2.24, 2.45) is 5.73 Å². The molecule has 16 heavy (non-hydrogen) atoms. The van der Waals surface area contributed by atoms with E-state index in [4.69, 9.17) is 5.73 Å². The summed E-state index contributed by atoms with van der Waals surface area (Å²) in [5.41, 5.74) is 7.79. The highest BCUT2D eigenvalue weighted by Crippen LogP contribution is 2.10. The maximum absolute atomic E-state index is 11.6. The van der Waals surface area contributed by atoms with Crippen LogP contribution in [0.2, 0.25) is 0 Å². The second-order valence-electron chi connectivity index (χ2n) is 3.93. The van der Waals surface area contributed by atoms with E-state index in [-0.39, 0.29) is 5.91 Å². The van der Waals surface area contributed by atoms with E-state index in [1.165, 1.54) is 5.56 Å². The van der Waals surface area contributed by atoms with Crippen LogP contribution >= 0.6 is 0 Å². The third-order valence-electron chi connectivity index (χ3n) is 2.57. The van der Waals surface area contributed by atoms with Crippen molar-refractivity contribution in [3.05, 3.63) is 29.8 Å². The van der Waals surface area contributed by atoms with Crippen LogP contribution < -0.4 is 11.1 Å². The number of benzene rings is 1. The molecule has 0 saturated carbocycles. The Morgan fingerprint density at radius 1 is 1.31 bits per heavy atom. The predicted molar refractivity (Wildman–Crippen MR) is 67.3 cm³/mol. The van der Waals surface area contributed by atoms with Crippen molar-refractivity contribution in [2.75, 3.05) is 5.32 Å². The number of hydrogen-bond donors (Lipinski definition) is 2. The normalized spacial score (nSPS) is 12.2. The highest BCUT2D eigenvalue weighted by Gasteiger charge is 2.11. The highest BCUT2D eigenvalue weighted by atomic mass is 16.2. The summed E-state index contributed by atoms with van der Waals surface area (Å²) in [5.74, 6) is -0.105. The number of hydrogen-bond acceptors (Lipinski definition) is 2. The second kappa shape index (κ2) is 6.28. The first-order valence-electron chi connectivity index (χ1n) is 5.82. The molecule has 0 fully saturated rings. The van der Waals surface area contributed by atoms with Gasteiger partial charge in [-0.1, -0.05) is 32.4 Å². The van der Waals surface area contributed by atoms with Gasteiger partial charge in [-0.3, -0.25) is 4.79 Å². The van der Waals surface area contributed by atoms with E-state index in [9.17, 15) is 4.79 Å². The standard InChI is InChI=1S/C13H20N2O/c1-3-5-12(14)13(16)15-11-8-6-10(4-2)7-9-11/h6-9,12H,3-5,14H2,1-2H3,(H,15,16). The fourth-order valence-corrected chi connectivity index (χ4v) is 1.50. The Hall–Kier alpha value is -1.35. The van der Waals surface area contributed by atoms with Crippen LogP contribution in [0.4, 0.5) is 5.69 Å². The van der Waals surface area contributed by atoms with Crippen LogP contribution in [0.25, 0.3) is 0 Å². The molecule has 3 nitrogen and oxygen atoms in total. The van der Waals surface area contributed by atoms with Gasteiger partial charge in [0.2, 0.25) is 5.91 Å². The zero-order chi connectivity index (χ0) is 12.0. The first kappa shape index (κ1) is 12.7. The largest absolute Gasteiger partial charge is 0.325 e. The molecular weight excluding hydrogens is 200 g/mol. The number of nitrogens with one attached hydrogen (secondary N) is 1. The van der Waals surface area contributed by atoms with Crippen LogP contribution in [0.15, 0.2) is 24.3 Å². The molecule has 1 amide bonds. The van der Waals surface area contributed by atoms with Gasteiger partial charge in [0.25, 0.3) is 0 Å². The van der Waals surface area contributed by atoms with Crippen LogP contribution in [0.5, 0.6) is 0 Å². The van der Waals surface area contributed by atoms with Crippen molar-refractivity contribution in [1.82, 2.24) is 0 Å². The van der Waals surface area contributed by atoms with Gasteiger partial charge in [0.1, 0.15) is 0 Å². The second-order valence-corrected chi connectivity index (χ2v) is 3.93. The molecule has 3 N–H and O–H groups in total. The van der Waals surface area contributed by atoms with Gasteiger partial charge in [0, 0.05) is 5.69 Å². The number of nitrogens with two attached hydrogens (primary N) is 1. The molecule has 0 radical (unpaired) electrons. The summed E-state index contributed by atoms with van der Waals surface area (Å²) in [5, 5.41) is 2.81. The summed E-state index contributed by atoms with van der Waals surface area (Å²) in [6.07, 6.45) is 2.64. The maximum atomic E-state index is 11.6. The lowest BCUT2D eigenvalue weighted by molar-refractivity contribution is -0.117. The molecule has 0 aromatic heterocycles. The van der Waals surface area contributed by atoms with Gasteiger partial charge in [-0.15, -0.1) is 0 Å². The Kier molecular flexibility index (Phi) is 4.99. The minimum Gasteiger partial charge on any atom is -0.325 e. The van der Waals surface area contributed by atoms with E-state index in [0.717, 1.165) is 24.9 Å². The number of rotatable bonds is 5. The molecule has 1 aromatic rings. The summed E-state index contributed by atoms with van der Waals surface area (Å²) in [7, 11) is 0. The molecule has 0 saturated heterocycles. The summed E-state index contributed by atoms with van der Waals surface area (Å²) < 4.78 is 0. The van der Waals surface area contributed by atoms with Gasteiger partial charge < -0.3 is 11.1 Å². The van der Waals surface area contributed by atoms with Crippen LogP contribution in [-0.2, 0) is 11.2 Å². The molecule has 1 rings (SSSR count). The van der Waals surface area contributed by atoms with E-state index in [0.29, 0.717) is 0 Å². The summed E-state index contributed by atoms with van der Waals surface area (Å²) in [6.45, 7) is 4.12. The minimum absolute atomic E-state index is 0.105. The number of amides is 1. The van der Waals surface area contributed by atoms with Crippen LogP contribution in [0.1, 0.15) is 32.3 Å². The lowest BCUT2D eigenvalue weighted by atomic mass is 10.1. The molecule has 0 heterocycles. The Balaban J connectivity index is 2.55. The lowest BCUT2D eigenvalue weighted by Gasteiger charge is -2.11. The van der Waals surface area contributed by atoms with Crippen molar-refractivity contribution in [1.29, 1.82) is 0 Å². The third kappa shape index (κ3) is 3.66. The molecule has 88 valence electrons. The van der Waals surface area contributed by atoms with E-state index in [1.54, 1.807) is 0 Å². The predicted octanol–water partition coefficient (Wildman–Crippen LogP) is 2.31. The van der Waals surface area contributed by atoms with Gasteiger partial charge in [-0.2, -0.15) is 0 Å². The van der Waals surface area contributed by atoms with Crippen molar-refractivity contribution >= 4 is 11.6 Å². The van der Waals surface area contributed by atoms with E-state index in [1.807, 2.05) is 31.2 Å². The molecule has 1 atom stereocenters. The topological polar surface area (TPSA) is 55.1 Å². The fraction of sp³-hybridized carbons (Fsp3) is 0.462. The van der Waals surface area contributed by atoms with E-state index in [2.05, 4.69) is 12.2 Å². The zero-order valence-corrected chi connectivity index (χ0v) is 9.99. The molecule has 0 aliphatic rings. The SMILES string of the molecule is CCCC(N)C(=O)Nc1ccc(CC)cc1. The molecular formula is C13H20N2O. The van der Waals surface area contributed by atoms with Gasteiger partial charge in [-0.05, 0) is 30.5 Å². The van der Waals surface area contributed by atoms with E-state index >= 15 is 0 Å². The average molecular weight is 220 g/mol. The smallest absolute Gasteiger partial charge is 0.241 e. The van der Waals surface area contributed by atoms with Gasteiger partial charge >= 0.3 is 0 Å². The summed E-state index contributed by atoms with van der Waals surface area (Å²) in [4.78, 5) is 11.6. The van der Waals surface area contributed by atoms with Crippen LogP contribution in [-0.4, -0.2) is 11.9 Å². The maximum Gasteiger partial charge on any atom is 0.241 e. The number of carbonyl (C=O) groups excluding carboxylic acids is 1. The van der Waals surface area contributed by atoms with E-state index < -0.39 is 6.04 Å². The number of aryl methyl sites for hydroxylation is 1. The lowest BCUT2D eigenvalue weighted by Crippen LogP contribution is -2.35. The molecule has 1 unspecified atom stereocenters. The Morgan fingerprint density at radius 3 is 2.44 bits per heavy atom. The molecule has 3 heteroatoms. The minimum atomic E-state index is -0.407. The van der Waals surface area contributed by atoms with Crippen molar-refractivity contribution in [3.8, 4) is 0 Å². The van der Waals surface area contributed by atoms with Crippen molar-refractivity contribution in [2.45, 2.75) is 39.2 Å². The Labute approximate surface area is 97.0 Å². The summed E-state index contributed by atoms with van der Waals surface area (Å²) in [6, 6.07) is 7.45.